The molecule has 11 heteroatoms. The molecule has 0 aliphatic heterocycles. The van der Waals surface area contributed by atoms with E-state index >= 15 is 0 Å². The van der Waals surface area contributed by atoms with Gasteiger partial charge in [-0.3, -0.25) is 20.2 Å². The van der Waals surface area contributed by atoms with Gasteiger partial charge in [-0.25, -0.2) is 0 Å². The number of nitrogens with one attached hydrogen (secondary N) is 1. The number of carbonyl (C=O) groups is 1. The zero-order chi connectivity index (χ0) is 15.3. The fraction of sp³-hybridized carbons (Fsp3) is 0.300. The predicted octanol–water partition coefficient (Wildman–Crippen LogP) is -3.58. The smallest absolute Gasteiger partial charge is 0.548 e. The molecule has 0 saturated carbocycles. The third-order valence-electron chi connectivity index (χ3n) is 2.42. The summed E-state index contributed by atoms with van der Waals surface area (Å²) in [5, 5.41) is 43.2. The van der Waals surface area contributed by atoms with Crippen LogP contribution in [0.2, 0.25) is 0 Å². The second-order valence-corrected chi connectivity index (χ2v) is 3.74. The van der Waals surface area contributed by atoms with Gasteiger partial charge in [0.1, 0.15) is 5.69 Å². The Labute approximate surface area is 140 Å². The zero-order valence-electron chi connectivity index (χ0n) is 11.0. The Kier molecular flexibility index (Phi) is 7.81. The van der Waals surface area contributed by atoms with Crippen LogP contribution in [0.1, 0.15) is 6.42 Å². The molecule has 21 heavy (non-hydrogen) atoms. The van der Waals surface area contributed by atoms with Crippen molar-refractivity contribution in [2.24, 2.45) is 0 Å². The molecule has 0 bridgehead atoms. The first-order chi connectivity index (χ1) is 9.36. The summed E-state index contributed by atoms with van der Waals surface area (Å²) in [4.78, 5) is 30.5. The van der Waals surface area contributed by atoms with Gasteiger partial charge in [0.05, 0.1) is 27.9 Å². The van der Waals surface area contributed by atoms with Crippen LogP contribution >= 0.6 is 0 Å². The quantitative estimate of drug-likeness (QED) is 0.297. The van der Waals surface area contributed by atoms with Gasteiger partial charge in [0.15, 0.2) is 0 Å². The topological polar surface area (TPSA) is 159 Å². The number of aliphatic carboxylic acids is 1. The number of nitrogens with zero attached hydrogens (tertiary/aromatic N) is 2. The van der Waals surface area contributed by atoms with E-state index in [9.17, 15) is 30.1 Å². The molecule has 2 N–H and O–H groups in total. The van der Waals surface area contributed by atoms with Gasteiger partial charge in [0, 0.05) is 12.7 Å². The number of benzene rings is 1. The average molecular weight is 307 g/mol. The van der Waals surface area contributed by atoms with Crippen molar-refractivity contribution in [2.75, 3.05) is 11.9 Å². The number of hydrogen-bond donors (Lipinski definition) is 2. The van der Waals surface area contributed by atoms with Crippen LogP contribution in [0.25, 0.3) is 0 Å². The van der Waals surface area contributed by atoms with Crippen LogP contribution in [0.15, 0.2) is 18.2 Å². The first-order valence-corrected chi connectivity index (χ1v) is 5.38. The predicted molar refractivity (Wildman–Crippen MR) is 63.9 cm³/mol. The average Bonchev–Trinajstić information content (AvgIpc) is 2.37. The molecule has 0 spiro atoms. The number of non-ortho nitro benzene ring substituents is 1. The summed E-state index contributed by atoms with van der Waals surface area (Å²) in [5.74, 6) is -1.55. The normalized spacial score (nSPS) is 11.1. The summed E-state index contributed by atoms with van der Waals surface area (Å²) in [6.45, 7) is -0.466. The van der Waals surface area contributed by atoms with Crippen LogP contribution in [-0.2, 0) is 4.79 Å². The summed E-state index contributed by atoms with van der Waals surface area (Å²) >= 11 is 0. The van der Waals surface area contributed by atoms with E-state index in [1.807, 2.05) is 0 Å². The molecule has 0 unspecified atom stereocenters. The van der Waals surface area contributed by atoms with E-state index in [1.165, 1.54) is 0 Å². The number of aliphatic hydroxyl groups is 1. The van der Waals surface area contributed by atoms with E-state index < -0.39 is 39.8 Å². The van der Waals surface area contributed by atoms with Crippen molar-refractivity contribution in [1.82, 2.24) is 0 Å². The number of nitro benzene ring substituents is 2. The minimum atomic E-state index is -1.55. The van der Waals surface area contributed by atoms with Gasteiger partial charge in [0.25, 0.3) is 11.4 Å². The molecule has 108 valence electrons. The zero-order valence-corrected chi connectivity index (χ0v) is 13.0. The summed E-state index contributed by atoms with van der Waals surface area (Å²) in [5.41, 5.74) is -1.33. The number of anilines is 1. The summed E-state index contributed by atoms with van der Waals surface area (Å²) < 4.78 is 0. The molecule has 0 saturated heterocycles. The molecule has 1 aromatic carbocycles. The molecule has 0 aromatic heterocycles. The van der Waals surface area contributed by atoms with Gasteiger partial charge in [-0.15, -0.1) is 0 Å². The number of aliphatic hydroxyl groups excluding tert-OH is 1. The first kappa shape index (κ1) is 19.2. The molecule has 0 amide bonds. The molecule has 0 heterocycles. The number of nitro groups is 2. The monoisotopic (exact) mass is 307 g/mol. The van der Waals surface area contributed by atoms with E-state index in [4.69, 9.17) is 5.11 Å². The minimum Gasteiger partial charge on any atom is -0.548 e. The van der Waals surface area contributed by atoms with Gasteiger partial charge in [-0.2, -0.15) is 0 Å². The molecule has 10 nitrogen and oxygen atoms in total. The molecule has 0 aliphatic carbocycles. The Hall–Kier alpha value is -1.75. The number of carboxylic acids is 1. The molecule has 0 radical (unpaired) electrons. The maximum absolute atomic E-state index is 10.8. The van der Waals surface area contributed by atoms with Crippen LogP contribution in [-0.4, -0.2) is 33.6 Å². The molecule has 0 fully saturated rings. The third kappa shape index (κ3) is 5.27. The van der Waals surface area contributed by atoms with E-state index in [2.05, 4.69) is 5.32 Å². The van der Waals surface area contributed by atoms with E-state index in [1.54, 1.807) is 0 Å². The Morgan fingerprint density at radius 1 is 1.29 bits per heavy atom. The SMILES string of the molecule is O=C([O-])[C@@H](CCO)Nc1ccc([N+](=O)[O-])cc1[N+](=O)[O-].[Na+]. The van der Waals surface area contributed by atoms with Gasteiger partial charge in [0.2, 0.25) is 0 Å². The number of carbonyl (C=O) groups excluding carboxylic acids is 1. The van der Waals surface area contributed by atoms with Crippen molar-refractivity contribution in [3.8, 4) is 0 Å². The van der Waals surface area contributed by atoms with Gasteiger partial charge in [-0.05, 0) is 12.5 Å². The van der Waals surface area contributed by atoms with E-state index in [0.29, 0.717) is 6.07 Å². The Morgan fingerprint density at radius 3 is 2.33 bits per heavy atom. The first-order valence-electron chi connectivity index (χ1n) is 5.38. The summed E-state index contributed by atoms with van der Waals surface area (Å²) in [6.07, 6.45) is -0.226. The van der Waals surface area contributed by atoms with Gasteiger partial charge in [-0.1, -0.05) is 0 Å². The number of hydrogen-bond acceptors (Lipinski definition) is 8. The second kappa shape index (κ2) is 8.52. The Balaban J connectivity index is 0.00000400. The molecule has 1 rings (SSSR count). The summed E-state index contributed by atoms with van der Waals surface area (Å²) in [6, 6.07) is 1.40. The van der Waals surface area contributed by atoms with Crippen molar-refractivity contribution < 1.29 is 54.4 Å². The van der Waals surface area contributed by atoms with Crippen LogP contribution in [0.4, 0.5) is 17.1 Å². The largest absolute Gasteiger partial charge is 1.00 e. The standard InChI is InChI=1S/C10H11N3O7.Na/c14-4-3-8(10(15)16)11-7-2-1-6(12(17)18)5-9(7)13(19)20;/h1-2,5,8,11,14H,3-4H2,(H,15,16);/q;+1/p-1/t8-;/m1./s1. The maximum atomic E-state index is 10.8. The molecule has 0 aliphatic rings. The van der Waals surface area contributed by atoms with Crippen molar-refractivity contribution in [3.63, 3.8) is 0 Å². The van der Waals surface area contributed by atoms with Crippen LogP contribution in [0.5, 0.6) is 0 Å². The minimum absolute atomic E-state index is 0. The van der Waals surface area contributed by atoms with Crippen molar-refractivity contribution in [2.45, 2.75) is 12.5 Å². The van der Waals surface area contributed by atoms with Gasteiger partial charge >= 0.3 is 29.6 Å². The van der Waals surface area contributed by atoms with Crippen LogP contribution in [0.3, 0.4) is 0 Å². The third-order valence-corrected chi connectivity index (χ3v) is 2.42. The summed E-state index contributed by atoms with van der Waals surface area (Å²) in [7, 11) is 0. The molecular formula is C10H10N3NaO7. The molecule has 1 atom stereocenters. The number of carboxylic acid groups (broad SMARTS) is 1. The second-order valence-electron chi connectivity index (χ2n) is 3.74. The van der Waals surface area contributed by atoms with Crippen molar-refractivity contribution in [3.05, 3.63) is 38.4 Å². The van der Waals surface area contributed by atoms with Crippen LogP contribution < -0.4 is 40.0 Å². The van der Waals surface area contributed by atoms with Gasteiger partial charge < -0.3 is 20.3 Å². The molecular weight excluding hydrogens is 297 g/mol. The number of rotatable bonds is 7. The Bertz CT molecular complexity index is 551. The van der Waals surface area contributed by atoms with Crippen LogP contribution in [0, 0.1) is 20.2 Å². The fourth-order valence-electron chi connectivity index (χ4n) is 1.47. The maximum Gasteiger partial charge on any atom is 1.00 e. The Morgan fingerprint density at radius 2 is 1.90 bits per heavy atom. The van der Waals surface area contributed by atoms with Crippen molar-refractivity contribution in [1.29, 1.82) is 0 Å². The molecule has 1 aromatic rings. The van der Waals surface area contributed by atoms with E-state index in [0.717, 1.165) is 12.1 Å². The fourth-order valence-corrected chi connectivity index (χ4v) is 1.47. The van der Waals surface area contributed by atoms with E-state index in [-0.39, 0.29) is 41.7 Å². The van der Waals surface area contributed by atoms with Crippen molar-refractivity contribution >= 4 is 23.0 Å².